The minimum absolute atomic E-state index is 0.0324. The molecule has 3 atom stereocenters. The summed E-state index contributed by atoms with van der Waals surface area (Å²) in [5, 5.41) is 8.85. The number of aromatic nitrogens is 1. The van der Waals surface area contributed by atoms with Crippen molar-refractivity contribution in [3.63, 3.8) is 0 Å². The van der Waals surface area contributed by atoms with Gasteiger partial charge >= 0.3 is 0 Å². The molecule has 7 heteroatoms. The molecular formula is C27H39N3O3S. The molecule has 0 unspecified atom stereocenters. The smallest absolute Gasteiger partial charge is 0.271 e. The second kappa shape index (κ2) is 11.8. The van der Waals surface area contributed by atoms with E-state index in [1.54, 1.807) is 5.38 Å². The van der Waals surface area contributed by atoms with Gasteiger partial charge in [-0.1, -0.05) is 58.2 Å². The molecule has 0 radical (unpaired) electrons. The van der Waals surface area contributed by atoms with Gasteiger partial charge in [0.25, 0.3) is 5.91 Å². The van der Waals surface area contributed by atoms with Crippen LogP contribution in [0.3, 0.4) is 0 Å². The van der Waals surface area contributed by atoms with Crippen LogP contribution in [0, 0.1) is 18.3 Å². The second-order valence-electron chi connectivity index (χ2n) is 10.8. The highest BCUT2D eigenvalue weighted by Crippen LogP contribution is 2.26. The number of benzene rings is 1. The van der Waals surface area contributed by atoms with Crippen molar-refractivity contribution in [2.24, 2.45) is 11.3 Å². The third kappa shape index (κ3) is 8.42. The van der Waals surface area contributed by atoms with Crippen LogP contribution in [-0.2, 0) is 11.4 Å². The fraction of sp³-hybridized carbons (Fsp3) is 0.593. The Morgan fingerprint density at radius 3 is 2.41 bits per heavy atom. The number of nitrogens with one attached hydrogen (secondary N) is 2. The number of carbonyl (C=O) groups excluding carboxylic acids is 2. The van der Waals surface area contributed by atoms with Crippen LogP contribution in [0.5, 0.6) is 5.75 Å². The zero-order valence-electron chi connectivity index (χ0n) is 21.1. The third-order valence-electron chi connectivity index (χ3n) is 6.09. The normalized spacial score (nSPS) is 19.3. The Hall–Kier alpha value is -2.41. The zero-order chi connectivity index (χ0) is 24.7. The number of hydrogen-bond donors (Lipinski definition) is 2. The molecule has 6 nitrogen and oxygen atoms in total. The standard InChI is InChI=1S/C27H39N3O3S/c1-18-10-12-20(13-11-18)33-16-25-29-23(17-34-25)26(32)30-22-9-7-6-8-21(22)28-24(31)14-19(2)15-27(3,4)5/h10-13,17,19,21-22H,6-9,14-16H2,1-5H3,(H,28,31)(H,30,32)/t19-,21+,22+/m0/s1. The predicted octanol–water partition coefficient (Wildman–Crippen LogP) is 5.65. The van der Waals surface area contributed by atoms with Crippen molar-refractivity contribution >= 4 is 23.2 Å². The summed E-state index contributed by atoms with van der Waals surface area (Å²) in [6.45, 7) is 11.1. The van der Waals surface area contributed by atoms with Gasteiger partial charge in [0.2, 0.25) is 5.91 Å². The van der Waals surface area contributed by atoms with E-state index in [-0.39, 0.29) is 29.3 Å². The van der Waals surface area contributed by atoms with E-state index in [9.17, 15) is 9.59 Å². The topological polar surface area (TPSA) is 80.3 Å². The van der Waals surface area contributed by atoms with Gasteiger partial charge in [-0.05, 0) is 49.7 Å². The quantitative estimate of drug-likeness (QED) is 0.481. The van der Waals surface area contributed by atoms with E-state index in [1.807, 2.05) is 31.2 Å². The Balaban J connectivity index is 1.51. The lowest BCUT2D eigenvalue weighted by atomic mass is 9.84. The van der Waals surface area contributed by atoms with Gasteiger partial charge in [0.1, 0.15) is 23.1 Å². The maximum atomic E-state index is 12.9. The number of carbonyl (C=O) groups is 2. The first-order valence-electron chi connectivity index (χ1n) is 12.3. The Morgan fingerprint density at radius 1 is 1.12 bits per heavy atom. The van der Waals surface area contributed by atoms with E-state index in [0.717, 1.165) is 42.9 Å². The van der Waals surface area contributed by atoms with Crippen molar-refractivity contribution in [1.82, 2.24) is 15.6 Å². The highest BCUT2D eigenvalue weighted by atomic mass is 32.1. The number of nitrogens with zero attached hydrogens (tertiary/aromatic N) is 1. The first-order valence-corrected chi connectivity index (χ1v) is 13.2. The average molecular weight is 486 g/mol. The van der Waals surface area contributed by atoms with Gasteiger partial charge < -0.3 is 15.4 Å². The Bertz CT molecular complexity index is 949. The van der Waals surface area contributed by atoms with Crippen LogP contribution in [0.4, 0.5) is 0 Å². The van der Waals surface area contributed by atoms with Gasteiger partial charge in [0.05, 0.1) is 0 Å². The molecule has 0 saturated heterocycles. The fourth-order valence-corrected chi connectivity index (χ4v) is 5.36. The lowest BCUT2D eigenvalue weighted by Crippen LogP contribution is -2.53. The number of amides is 2. The van der Waals surface area contributed by atoms with Gasteiger partial charge in [-0.15, -0.1) is 11.3 Å². The number of hydrogen-bond acceptors (Lipinski definition) is 5. The van der Waals surface area contributed by atoms with Crippen LogP contribution < -0.4 is 15.4 Å². The summed E-state index contributed by atoms with van der Waals surface area (Å²) in [4.78, 5) is 30.0. The summed E-state index contributed by atoms with van der Waals surface area (Å²) in [6, 6.07) is 7.75. The van der Waals surface area contributed by atoms with Crippen LogP contribution in [0.2, 0.25) is 0 Å². The number of thiazole rings is 1. The molecule has 1 aliphatic carbocycles. The lowest BCUT2D eigenvalue weighted by molar-refractivity contribution is -0.123. The van der Waals surface area contributed by atoms with Gasteiger partial charge in [-0.25, -0.2) is 4.98 Å². The van der Waals surface area contributed by atoms with Gasteiger partial charge in [0.15, 0.2) is 0 Å². The molecule has 0 bridgehead atoms. The molecule has 2 aromatic rings. The monoisotopic (exact) mass is 485 g/mol. The summed E-state index contributed by atoms with van der Waals surface area (Å²) in [5.41, 5.74) is 1.79. The molecule has 34 heavy (non-hydrogen) atoms. The molecule has 2 amide bonds. The van der Waals surface area contributed by atoms with Gasteiger partial charge in [0, 0.05) is 23.9 Å². The molecule has 2 N–H and O–H groups in total. The van der Waals surface area contributed by atoms with E-state index in [2.05, 4.69) is 43.3 Å². The molecular weight excluding hydrogens is 446 g/mol. The van der Waals surface area contributed by atoms with Crippen molar-refractivity contribution in [3.05, 3.63) is 45.9 Å². The number of ether oxygens (including phenoxy) is 1. The van der Waals surface area contributed by atoms with E-state index < -0.39 is 0 Å². The molecule has 0 spiro atoms. The van der Waals surface area contributed by atoms with Crippen molar-refractivity contribution in [2.45, 2.75) is 91.8 Å². The molecule has 3 rings (SSSR count). The van der Waals surface area contributed by atoms with Crippen LogP contribution in [0.25, 0.3) is 0 Å². The van der Waals surface area contributed by atoms with E-state index in [0.29, 0.717) is 24.6 Å². The van der Waals surface area contributed by atoms with Crippen LogP contribution in [0.1, 0.15) is 87.3 Å². The molecule has 1 heterocycles. The number of rotatable bonds is 9. The Kier molecular flexibility index (Phi) is 9.11. The van der Waals surface area contributed by atoms with E-state index >= 15 is 0 Å². The molecule has 186 valence electrons. The van der Waals surface area contributed by atoms with Crippen molar-refractivity contribution in [3.8, 4) is 5.75 Å². The summed E-state index contributed by atoms with van der Waals surface area (Å²) >= 11 is 1.42. The molecule has 1 aliphatic rings. The third-order valence-corrected chi connectivity index (χ3v) is 6.91. The molecule has 0 aliphatic heterocycles. The molecule has 1 saturated carbocycles. The SMILES string of the molecule is Cc1ccc(OCc2nc(C(=O)N[C@@H]3CCCC[C@H]3NC(=O)C[C@H](C)CC(C)(C)C)cs2)cc1. The summed E-state index contributed by atoms with van der Waals surface area (Å²) < 4.78 is 5.78. The molecule has 1 aromatic carbocycles. The Morgan fingerprint density at radius 2 is 1.76 bits per heavy atom. The highest BCUT2D eigenvalue weighted by Gasteiger charge is 2.29. The predicted molar refractivity (Wildman–Crippen MR) is 137 cm³/mol. The van der Waals surface area contributed by atoms with Crippen LogP contribution in [-0.4, -0.2) is 28.9 Å². The zero-order valence-corrected chi connectivity index (χ0v) is 22.0. The Labute approximate surface area is 207 Å². The van der Waals surface area contributed by atoms with E-state index in [4.69, 9.17) is 4.74 Å². The minimum Gasteiger partial charge on any atom is -0.486 e. The second-order valence-corrected chi connectivity index (χ2v) is 11.8. The maximum Gasteiger partial charge on any atom is 0.271 e. The first-order chi connectivity index (χ1) is 16.1. The van der Waals surface area contributed by atoms with Gasteiger partial charge in [-0.3, -0.25) is 9.59 Å². The van der Waals surface area contributed by atoms with E-state index in [1.165, 1.54) is 16.9 Å². The average Bonchev–Trinajstić information content (AvgIpc) is 3.22. The van der Waals surface area contributed by atoms with Crippen molar-refractivity contribution in [1.29, 1.82) is 0 Å². The van der Waals surface area contributed by atoms with Crippen molar-refractivity contribution in [2.75, 3.05) is 0 Å². The number of aryl methyl sites for hydroxylation is 1. The molecule has 1 fully saturated rings. The van der Waals surface area contributed by atoms with Gasteiger partial charge in [-0.2, -0.15) is 0 Å². The lowest BCUT2D eigenvalue weighted by Gasteiger charge is -2.33. The fourth-order valence-electron chi connectivity index (χ4n) is 4.68. The van der Waals surface area contributed by atoms with Crippen molar-refractivity contribution < 1.29 is 14.3 Å². The minimum atomic E-state index is -0.190. The van der Waals surface area contributed by atoms with Crippen LogP contribution >= 0.6 is 11.3 Å². The maximum absolute atomic E-state index is 12.9. The highest BCUT2D eigenvalue weighted by molar-refractivity contribution is 7.09. The summed E-state index contributed by atoms with van der Waals surface area (Å²) in [5.74, 6) is 0.994. The summed E-state index contributed by atoms with van der Waals surface area (Å²) in [6.07, 6.45) is 5.38. The molecule has 1 aromatic heterocycles. The first kappa shape index (κ1) is 26.2. The van der Waals surface area contributed by atoms with Crippen LogP contribution in [0.15, 0.2) is 29.6 Å². The largest absolute Gasteiger partial charge is 0.486 e. The summed E-state index contributed by atoms with van der Waals surface area (Å²) in [7, 11) is 0.